The molecule has 0 fully saturated rings. The van der Waals surface area contributed by atoms with Gasteiger partial charge in [0, 0.05) is 5.56 Å². The maximum Gasteiger partial charge on any atom is 0.200 e. The van der Waals surface area contributed by atoms with Crippen molar-refractivity contribution < 1.29 is 13.9 Å². The van der Waals surface area contributed by atoms with E-state index < -0.39 is 5.82 Å². The summed E-state index contributed by atoms with van der Waals surface area (Å²) in [7, 11) is 0. The number of rotatable bonds is 6. The van der Waals surface area contributed by atoms with Crippen LogP contribution < -0.4 is 4.74 Å². The number of hydrogen-bond donors (Lipinski definition) is 0. The van der Waals surface area contributed by atoms with Crippen LogP contribution in [-0.4, -0.2) is 12.4 Å². The number of ketones is 1. The number of para-hydroxylation sites is 1. The molecule has 0 amide bonds. The molecule has 0 unspecified atom stereocenters. The lowest BCUT2D eigenvalue weighted by molar-refractivity contribution is 0.0919. The molecular formula is C17H17FO2. The number of aryl methyl sites for hydroxylation is 1. The molecule has 3 heteroatoms. The Morgan fingerprint density at radius 1 is 1.10 bits per heavy atom. The molecule has 0 aliphatic carbocycles. The first-order valence-electron chi connectivity index (χ1n) is 6.70. The number of ether oxygens (including phenoxy) is 1. The SMILES string of the molecule is CCCc1ccc(C(=O)COc2ccccc2F)cc1. The zero-order valence-corrected chi connectivity index (χ0v) is 11.4. The maximum atomic E-state index is 13.3. The predicted octanol–water partition coefficient (Wildman–Crippen LogP) is 4.04. The molecule has 0 bridgehead atoms. The Labute approximate surface area is 118 Å². The normalized spacial score (nSPS) is 10.3. The van der Waals surface area contributed by atoms with E-state index in [1.54, 1.807) is 24.3 Å². The van der Waals surface area contributed by atoms with Crippen LogP contribution in [0.3, 0.4) is 0 Å². The third-order valence-electron chi connectivity index (χ3n) is 3.01. The topological polar surface area (TPSA) is 26.3 Å². The molecule has 0 heterocycles. The molecule has 0 aliphatic heterocycles. The molecule has 2 aromatic rings. The Morgan fingerprint density at radius 3 is 2.45 bits per heavy atom. The standard InChI is InChI=1S/C17H17FO2/c1-2-5-13-8-10-14(11-9-13)16(19)12-20-17-7-4-3-6-15(17)18/h3-4,6-11H,2,5,12H2,1H3. The summed E-state index contributed by atoms with van der Waals surface area (Å²) < 4.78 is 18.6. The summed E-state index contributed by atoms with van der Waals surface area (Å²) in [6.45, 7) is 1.95. The van der Waals surface area contributed by atoms with E-state index in [4.69, 9.17) is 4.74 Å². The summed E-state index contributed by atoms with van der Waals surface area (Å²) in [4.78, 5) is 12.0. The maximum absolute atomic E-state index is 13.3. The lowest BCUT2D eigenvalue weighted by Crippen LogP contribution is -2.12. The Morgan fingerprint density at radius 2 is 1.80 bits per heavy atom. The fourth-order valence-corrected chi connectivity index (χ4v) is 1.93. The molecule has 0 N–H and O–H groups in total. The van der Waals surface area contributed by atoms with E-state index in [0.29, 0.717) is 5.56 Å². The average molecular weight is 272 g/mol. The Balaban J connectivity index is 1.96. The molecule has 0 aromatic heterocycles. The van der Waals surface area contributed by atoms with Crippen molar-refractivity contribution in [3.05, 3.63) is 65.5 Å². The summed E-state index contributed by atoms with van der Waals surface area (Å²) in [5, 5.41) is 0. The molecule has 0 radical (unpaired) electrons. The minimum absolute atomic E-state index is 0.100. The van der Waals surface area contributed by atoms with Gasteiger partial charge in [-0.25, -0.2) is 4.39 Å². The van der Waals surface area contributed by atoms with Gasteiger partial charge < -0.3 is 4.74 Å². The van der Waals surface area contributed by atoms with E-state index in [2.05, 4.69) is 6.92 Å². The summed E-state index contributed by atoms with van der Waals surface area (Å²) in [5.74, 6) is -0.515. The number of carbonyl (C=O) groups is 1. The largest absolute Gasteiger partial charge is 0.482 e. The van der Waals surface area contributed by atoms with Gasteiger partial charge in [-0.2, -0.15) is 0 Å². The first-order valence-corrected chi connectivity index (χ1v) is 6.70. The quantitative estimate of drug-likeness (QED) is 0.742. The molecule has 2 rings (SSSR count). The van der Waals surface area contributed by atoms with Crippen LogP contribution in [-0.2, 0) is 6.42 Å². The zero-order chi connectivity index (χ0) is 14.4. The van der Waals surface area contributed by atoms with Gasteiger partial charge in [0.2, 0.25) is 0 Å². The second kappa shape index (κ2) is 6.85. The van der Waals surface area contributed by atoms with Crippen molar-refractivity contribution >= 4 is 5.78 Å². The lowest BCUT2D eigenvalue weighted by atomic mass is 10.1. The lowest BCUT2D eigenvalue weighted by Gasteiger charge is -2.07. The van der Waals surface area contributed by atoms with Gasteiger partial charge in [0.15, 0.2) is 24.0 Å². The molecule has 2 aromatic carbocycles. The highest BCUT2D eigenvalue weighted by atomic mass is 19.1. The summed E-state index contributed by atoms with van der Waals surface area (Å²) in [6, 6.07) is 13.5. The van der Waals surface area contributed by atoms with Crippen molar-refractivity contribution in [3.8, 4) is 5.75 Å². The third kappa shape index (κ3) is 3.67. The second-order valence-corrected chi connectivity index (χ2v) is 4.59. The number of hydrogen-bond acceptors (Lipinski definition) is 2. The minimum atomic E-state index is -0.460. The van der Waals surface area contributed by atoms with E-state index in [9.17, 15) is 9.18 Å². The van der Waals surface area contributed by atoms with Gasteiger partial charge in [0.1, 0.15) is 0 Å². The smallest absolute Gasteiger partial charge is 0.200 e. The van der Waals surface area contributed by atoms with E-state index >= 15 is 0 Å². The molecule has 0 spiro atoms. The molecule has 0 aliphatic rings. The van der Waals surface area contributed by atoms with Crippen molar-refractivity contribution in [2.45, 2.75) is 19.8 Å². The van der Waals surface area contributed by atoms with E-state index in [0.717, 1.165) is 12.8 Å². The van der Waals surface area contributed by atoms with Crippen molar-refractivity contribution in [2.75, 3.05) is 6.61 Å². The van der Waals surface area contributed by atoms with Gasteiger partial charge in [0.05, 0.1) is 0 Å². The van der Waals surface area contributed by atoms with Crippen LogP contribution in [0.1, 0.15) is 29.3 Å². The van der Waals surface area contributed by atoms with Gasteiger partial charge in [0.25, 0.3) is 0 Å². The molecule has 0 saturated heterocycles. The van der Waals surface area contributed by atoms with Crippen molar-refractivity contribution in [1.29, 1.82) is 0 Å². The highest BCUT2D eigenvalue weighted by molar-refractivity contribution is 5.97. The van der Waals surface area contributed by atoms with Gasteiger partial charge in [-0.1, -0.05) is 49.7 Å². The van der Waals surface area contributed by atoms with Crippen LogP contribution in [0.25, 0.3) is 0 Å². The predicted molar refractivity (Wildman–Crippen MR) is 76.7 cm³/mol. The summed E-state index contributed by atoms with van der Waals surface area (Å²) >= 11 is 0. The van der Waals surface area contributed by atoms with Crippen molar-refractivity contribution in [3.63, 3.8) is 0 Å². The van der Waals surface area contributed by atoms with Gasteiger partial charge in [-0.05, 0) is 24.1 Å². The van der Waals surface area contributed by atoms with Crippen LogP contribution >= 0.6 is 0 Å². The molecular weight excluding hydrogens is 255 g/mol. The van der Waals surface area contributed by atoms with Crippen LogP contribution in [0, 0.1) is 5.82 Å². The number of benzene rings is 2. The first kappa shape index (κ1) is 14.3. The van der Waals surface area contributed by atoms with Crippen molar-refractivity contribution in [1.82, 2.24) is 0 Å². The Kier molecular flexibility index (Phi) is 4.88. The van der Waals surface area contributed by atoms with Crippen LogP contribution in [0.15, 0.2) is 48.5 Å². The minimum Gasteiger partial charge on any atom is -0.482 e. The van der Waals surface area contributed by atoms with Crippen LogP contribution in [0.4, 0.5) is 4.39 Å². The van der Waals surface area contributed by atoms with Crippen LogP contribution in [0.5, 0.6) is 5.75 Å². The molecule has 2 nitrogen and oxygen atoms in total. The second-order valence-electron chi connectivity index (χ2n) is 4.59. The van der Waals surface area contributed by atoms with Gasteiger partial charge in [-0.15, -0.1) is 0 Å². The first-order chi connectivity index (χ1) is 9.70. The summed E-state index contributed by atoms with van der Waals surface area (Å²) in [5.41, 5.74) is 1.79. The third-order valence-corrected chi connectivity index (χ3v) is 3.01. The van der Waals surface area contributed by atoms with E-state index in [1.165, 1.54) is 17.7 Å². The number of Topliss-reactive ketones (excluding diaryl/α,β-unsaturated/α-hetero) is 1. The highest BCUT2D eigenvalue weighted by Gasteiger charge is 2.08. The molecule has 0 saturated carbocycles. The Bertz CT molecular complexity index is 576. The Hall–Kier alpha value is -2.16. The molecule has 104 valence electrons. The molecule has 0 atom stereocenters. The molecule has 20 heavy (non-hydrogen) atoms. The van der Waals surface area contributed by atoms with E-state index in [-0.39, 0.29) is 18.1 Å². The van der Waals surface area contributed by atoms with Gasteiger partial charge in [-0.3, -0.25) is 4.79 Å². The van der Waals surface area contributed by atoms with E-state index in [1.807, 2.05) is 12.1 Å². The van der Waals surface area contributed by atoms with Gasteiger partial charge >= 0.3 is 0 Å². The number of halogens is 1. The number of carbonyl (C=O) groups excluding carboxylic acids is 1. The summed E-state index contributed by atoms with van der Waals surface area (Å²) in [6.07, 6.45) is 2.07. The fraction of sp³-hybridized carbons (Fsp3) is 0.235. The van der Waals surface area contributed by atoms with Crippen LogP contribution in [0.2, 0.25) is 0 Å². The monoisotopic (exact) mass is 272 g/mol. The highest BCUT2D eigenvalue weighted by Crippen LogP contribution is 2.16. The fourth-order valence-electron chi connectivity index (χ4n) is 1.93. The zero-order valence-electron chi connectivity index (χ0n) is 11.4. The van der Waals surface area contributed by atoms with Crippen molar-refractivity contribution in [2.24, 2.45) is 0 Å². The average Bonchev–Trinajstić information content (AvgIpc) is 2.47.